The molecule has 1 aromatic carbocycles. The average Bonchev–Trinajstić information content (AvgIpc) is 3.09. The highest BCUT2D eigenvalue weighted by molar-refractivity contribution is 5.53. The molecule has 1 aliphatic heterocycles. The molecule has 5 nitrogen and oxygen atoms in total. The number of pyridine rings is 1. The third kappa shape index (κ3) is 3.54. The van der Waals surface area contributed by atoms with Crippen LogP contribution in [0.25, 0.3) is 0 Å². The molecule has 118 valence electrons. The molecule has 1 N–H and O–H groups in total. The summed E-state index contributed by atoms with van der Waals surface area (Å²) in [5.41, 5.74) is 1.79. The van der Waals surface area contributed by atoms with Crippen molar-refractivity contribution < 1.29 is 4.74 Å². The molecule has 3 rings (SSSR count). The molecular weight excluding hydrogens is 288 g/mol. The second kappa shape index (κ2) is 7.01. The Bertz CT molecular complexity index is 710. The number of nitrogens with zero attached hydrogens (tertiary/aromatic N) is 3. The van der Waals surface area contributed by atoms with Crippen LogP contribution in [0.4, 0.5) is 11.5 Å². The van der Waals surface area contributed by atoms with Gasteiger partial charge in [0.05, 0.1) is 12.7 Å². The van der Waals surface area contributed by atoms with Gasteiger partial charge in [-0.25, -0.2) is 4.98 Å². The first-order chi connectivity index (χ1) is 11.3. The summed E-state index contributed by atoms with van der Waals surface area (Å²) in [5.74, 6) is 2.10. The fourth-order valence-corrected chi connectivity index (χ4v) is 2.92. The molecule has 0 saturated carbocycles. The third-order valence-corrected chi connectivity index (χ3v) is 4.19. The lowest BCUT2D eigenvalue weighted by Gasteiger charge is -2.19. The van der Waals surface area contributed by atoms with Crippen molar-refractivity contribution in [2.24, 2.45) is 5.92 Å². The minimum Gasteiger partial charge on any atom is -0.497 e. The highest BCUT2D eigenvalue weighted by Gasteiger charge is 2.23. The van der Waals surface area contributed by atoms with Gasteiger partial charge in [0.1, 0.15) is 17.6 Å². The number of nitrogens with one attached hydrogen (secondary N) is 1. The first-order valence-corrected chi connectivity index (χ1v) is 7.78. The quantitative estimate of drug-likeness (QED) is 0.920. The molecule has 1 aliphatic rings. The number of hydrogen-bond acceptors (Lipinski definition) is 5. The topological polar surface area (TPSA) is 61.2 Å². The lowest BCUT2D eigenvalue weighted by Crippen LogP contribution is -2.22. The molecule has 1 saturated heterocycles. The lowest BCUT2D eigenvalue weighted by atomic mass is 10.1. The Kier molecular flexibility index (Phi) is 4.62. The number of hydrogen-bond donors (Lipinski definition) is 1. The molecule has 1 aromatic heterocycles. The smallest absolute Gasteiger partial charge is 0.143 e. The molecule has 0 radical (unpaired) electrons. The van der Waals surface area contributed by atoms with E-state index in [1.165, 1.54) is 5.69 Å². The van der Waals surface area contributed by atoms with Gasteiger partial charge in [0.25, 0.3) is 0 Å². The van der Waals surface area contributed by atoms with E-state index in [1.807, 2.05) is 12.1 Å². The molecule has 0 aliphatic carbocycles. The minimum absolute atomic E-state index is 0.537. The molecule has 0 spiro atoms. The zero-order chi connectivity index (χ0) is 16.1. The average molecular weight is 308 g/mol. The van der Waals surface area contributed by atoms with E-state index in [2.05, 4.69) is 33.4 Å². The molecule has 0 bridgehead atoms. The van der Waals surface area contributed by atoms with Crippen LogP contribution >= 0.6 is 0 Å². The Morgan fingerprint density at radius 2 is 2.30 bits per heavy atom. The van der Waals surface area contributed by atoms with Gasteiger partial charge in [-0.05, 0) is 36.6 Å². The Balaban J connectivity index is 1.59. The van der Waals surface area contributed by atoms with Gasteiger partial charge < -0.3 is 15.0 Å². The summed E-state index contributed by atoms with van der Waals surface area (Å²) in [6, 6.07) is 13.9. The van der Waals surface area contributed by atoms with Gasteiger partial charge in [-0.1, -0.05) is 6.07 Å². The van der Waals surface area contributed by atoms with Gasteiger partial charge in [-0.15, -0.1) is 0 Å². The summed E-state index contributed by atoms with van der Waals surface area (Å²) < 4.78 is 5.29. The Hall–Kier alpha value is -2.74. The molecular formula is C18H20N4O. The minimum atomic E-state index is 0.537. The van der Waals surface area contributed by atoms with Crippen LogP contribution in [0.3, 0.4) is 0 Å². The van der Waals surface area contributed by atoms with E-state index in [0.29, 0.717) is 17.3 Å². The molecule has 1 atom stereocenters. The predicted octanol–water partition coefficient (Wildman–Crippen LogP) is 2.90. The zero-order valence-corrected chi connectivity index (χ0v) is 13.2. The largest absolute Gasteiger partial charge is 0.497 e. The van der Waals surface area contributed by atoms with Crippen molar-refractivity contribution in [1.82, 2.24) is 4.98 Å². The van der Waals surface area contributed by atoms with E-state index in [-0.39, 0.29) is 0 Å². The number of anilines is 2. The second-order valence-electron chi connectivity index (χ2n) is 5.69. The van der Waals surface area contributed by atoms with Crippen molar-refractivity contribution in [2.75, 3.05) is 37.0 Å². The van der Waals surface area contributed by atoms with E-state index in [1.54, 1.807) is 25.4 Å². The number of rotatable bonds is 5. The number of nitriles is 1. The third-order valence-electron chi connectivity index (χ3n) is 4.19. The molecule has 0 unspecified atom stereocenters. The zero-order valence-electron chi connectivity index (χ0n) is 13.2. The maximum Gasteiger partial charge on any atom is 0.143 e. The van der Waals surface area contributed by atoms with Crippen molar-refractivity contribution in [1.29, 1.82) is 5.26 Å². The molecule has 5 heteroatoms. The standard InChI is InChI=1S/C18H20N4O/c1-23-17-6-2-5-16(10-17)22-9-7-14(13-22)12-21-18-15(11-19)4-3-8-20-18/h2-6,8,10,14H,7,9,12-13H2,1H3,(H,20,21)/t14-/m0/s1. The fourth-order valence-electron chi connectivity index (χ4n) is 2.92. The Morgan fingerprint density at radius 1 is 1.39 bits per heavy atom. The van der Waals surface area contributed by atoms with Crippen molar-refractivity contribution in [3.8, 4) is 11.8 Å². The monoisotopic (exact) mass is 308 g/mol. The maximum absolute atomic E-state index is 9.10. The van der Waals surface area contributed by atoms with Gasteiger partial charge in [0, 0.05) is 37.6 Å². The first kappa shape index (κ1) is 15.2. The number of methoxy groups -OCH3 is 1. The lowest BCUT2D eigenvalue weighted by molar-refractivity contribution is 0.415. The van der Waals surface area contributed by atoms with Gasteiger partial charge in [0.15, 0.2) is 0 Å². The highest BCUT2D eigenvalue weighted by Crippen LogP contribution is 2.27. The number of benzene rings is 1. The summed E-state index contributed by atoms with van der Waals surface area (Å²) in [4.78, 5) is 6.62. The maximum atomic E-state index is 9.10. The summed E-state index contributed by atoms with van der Waals surface area (Å²) in [6.07, 6.45) is 2.83. The van der Waals surface area contributed by atoms with E-state index < -0.39 is 0 Å². The van der Waals surface area contributed by atoms with E-state index in [0.717, 1.165) is 31.8 Å². The second-order valence-corrected chi connectivity index (χ2v) is 5.69. The van der Waals surface area contributed by atoms with Gasteiger partial charge in [-0.3, -0.25) is 0 Å². The SMILES string of the molecule is COc1cccc(N2CC[C@@H](CNc3ncccc3C#N)C2)c1. The fraction of sp³-hybridized carbons (Fsp3) is 0.333. The highest BCUT2D eigenvalue weighted by atomic mass is 16.5. The van der Waals surface area contributed by atoms with Crippen LogP contribution < -0.4 is 15.0 Å². The normalized spacial score (nSPS) is 16.9. The Morgan fingerprint density at radius 3 is 3.13 bits per heavy atom. The molecule has 2 heterocycles. The van der Waals surface area contributed by atoms with Crippen LogP contribution in [-0.2, 0) is 0 Å². The van der Waals surface area contributed by atoms with Crippen molar-refractivity contribution in [2.45, 2.75) is 6.42 Å². The van der Waals surface area contributed by atoms with Gasteiger partial charge in [-0.2, -0.15) is 5.26 Å². The van der Waals surface area contributed by atoms with Crippen molar-refractivity contribution in [3.05, 3.63) is 48.2 Å². The van der Waals surface area contributed by atoms with E-state index in [4.69, 9.17) is 10.00 Å². The van der Waals surface area contributed by atoms with E-state index in [9.17, 15) is 0 Å². The Labute approximate surface area is 136 Å². The molecule has 0 amide bonds. The van der Waals surface area contributed by atoms with Crippen LogP contribution in [0.15, 0.2) is 42.6 Å². The van der Waals surface area contributed by atoms with Gasteiger partial charge in [0.2, 0.25) is 0 Å². The summed E-state index contributed by atoms with van der Waals surface area (Å²) in [6.45, 7) is 2.86. The van der Waals surface area contributed by atoms with Crippen LogP contribution in [0.2, 0.25) is 0 Å². The van der Waals surface area contributed by atoms with E-state index >= 15 is 0 Å². The number of ether oxygens (including phenoxy) is 1. The van der Waals surface area contributed by atoms with Crippen molar-refractivity contribution >= 4 is 11.5 Å². The van der Waals surface area contributed by atoms with Gasteiger partial charge >= 0.3 is 0 Å². The molecule has 23 heavy (non-hydrogen) atoms. The molecule has 1 fully saturated rings. The molecule has 2 aromatic rings. The van der Waals surface area contributed by atoms with Crippen LogP contribution in [0, 0.1) is 17.2 Å². The predicted molar refractivity (Wildman–Crippen MR) is 90.8 cm³/mol. The summed E-state index contributed by atoms with van der Waals surface area (Å²) in [7, 11) is 1.69. The van der Waals surface area contributed by atoms with Crippen molar-refractivity contribution in [3.63, 3.8) is 0 Å². The summed E-state index contributed by atoms with van der Waals surface area (Å²) >= 11 is 0. The van der Waals surface area contributed by atoms with Crippen LogP contribution in [0.1, 0.15) is 12.0 Å². The van der Waals surface area contributed by atoms with Crippen LogP contribution in [-0.4, -0.2) is 31.7 Å². The summed E-state index contributed by atoms with van der Waals surface area (Å²) in [5, 5.41) is 12.4. The number of aromatic nitrogens is 1. The first-order valence-electron chi connectivity index (χ1n) is 7.78. The van der Waals surface area contributed by atoms with Crippen LogP contribution in [0.5, 0.6) is 5.75 Å².